The van der Waals surface area contributed by atoms with Crippen LogP contribution in [-0.4, -0.2) is 87.5 Å². The third-order valence-electron chi connectivity index (χ3n) is 9.83. The summed E-state index contributed by atoms with van der Waals surface area (Å²) in [5.74, 6) is -0.201. The highest BCUT2D eigenvalue weighted by atomic mass is 16.7. The zero-order valence-corrected chi connectivity index (χ0v) is 34.0. The molecule has 1 saturated heterocycles. The summed E-state index contributed by atoms with van der Waals surface area (Å²) in [6.45, 7) is 3.61. The lowest BCUT2D eigenvalue weighted by molar-refractivity contribution is -0.302. The number of amides is 1. The first-order valence-electron chi connectivity index (χ1n) is 21.5. The van der Waals surface area contributed by atoms with Crippen LogP contribution in [0, 0.1) is 0 Å². The van der Waals surface area contributed by atoms with E-state index in [9.17, 15) is 30.3 Å². The maximum atomic E-state index is 12.9. The molecule has 0 aliphatic carbocycles. The maximum Gasteiger partial charge on any atom is 0.220 e. The van der Waals surface area contributed by atoms with Crippen molar-refractivity contribution in [1.29, 1.82) is 0 Å². The Morgan fingerprint density at radius 2 is 1.17 bits per heavy atom. The Bertz CT molecular complexity index is 1030. The molecule has 9 heteroatoms. The molecule has 9 nitrogen and oxygen atoms in total. The smallest absolute Gasteiger partial charge is 0.220 e. The van der Waals surface area contributed by atoms with E-state index < -0.39 is 49.5 Å². The van der Waals surface area contributed by atoms with E-state index in [1.165, 1.54) is 70.6 Å². The topological polar surface area (TPSA) is 149 Å². The highest BCUT2D eigenvalue weighted by molar-refractivity contribution is 5.76. The number of aliphatic hydroxyl groups excluding tert-OH is 5. The number of rotatable bonds is 34. The molecule has 0 saturated carbocycles. The summed E-state index contributed by atoms with van der Waals surface area (Å²) >= 11 is 0. The molecule has 0 aromatic carbocycles. The van der Waals surface area contributed by atoms with Gasteiger partial charge in [0.1, 0.15) is 24.4 Å². The van der Waals surface area contributed by atoms with Gasteiger partial charge in [0, 0.05) is 6.42 Å². The largest absolute Gasteiger partial charge is 0.394 e. The maximum absolute atomic E-state index is 12.9. The summed E-state index contributed by atoms with van der Waals surface area (Å²) in [6, 6.07) is -0.827. The van der Waals surface area contributed by atoms with Crippen LogP contribution in [0.15, 0.2) is 60.8 Å². The molecule has 0 bridgehead atoms. The number of hydrogen-bond acceptors (Lipinski definition) is 8. The third-order valence-corrected chi connectivity index (χ3v) is 9.83. The van der Waals surface area contributed by atoms with Gasteiger partial charge in [0.2, 0.25) is 5.91 Å². The molecule has 0 spiro atoms. The van der Waals surface area contributed by atoms with Crippen LogP contribution in [0.5, 0.6) is 0 Å². The molecule has 0 radical (unpaired) electrons. The molecule has 6 N–H and O–H groups in total. The normalized spacial score (nSPS) is 22.1. The second-order valence-corrected chi connectivity index (χ2v) is 14.7. The fourth-order valence-electron chi connectivity index (χ4n) is 6.36. The first-order chi connectivity index (χ1) is 26.3. The predicted molar refractivity (Wildman–Crippen MR) is 221 cm³/mol. The molecule has 1 fully saturated rings. The molecular weight excluding hydrogens is 682 g/mol. The summed E-state index contributed by atoms with van der Waals surface area (Å²) in [5, 5.41) is 54.0. The molecule has 1 aliphatic rings. The van der Waals surface area contributed by atoms with Crippen LogP contribution in [0.2, 0.25) is 0 Å². The second kappa shape index (κ2) is 35.3. The number of aliphatic hydroxyl groups is 5. The van der Waals surface area contributed by atoms with Gasteiger partial charge in [-0.25, -0.2) is 0 Å². The van der Waals surface area contributed by atoms with Crippen LogP contribution in [0.4, 0.5) is 0 Å². The van der Waals surface area contributed by atoms with Crippen LogP contribution in [0.25, 0.3) is 0 Å². The van der Waals surface area contributed by atoms with E-state index in [2.05, 4.69) is 67.8 Å². The molecule has 0 aromatic rings. The second-order valence-electron chi connectivity index (χ2n) is 14.7. The van der Waals surface area contributed by atoms with Gasteiger partial charge in [-0.05, 0) is 64.2 Å². The monoisotopic (exact) mass is 762 g/mol. The van der Waals surface area contributed by atoms with Crippen molar-refractivity contribution in [3.63, 3.8) is 0 Å². The Balaban J connectivity index is 2.43. The predicted octanol–water partition coefficient (Wildman–Crippen LogP) is 8.44. The molecule has 54 heavy (non-hydrogen) atoms. The number of unbranched alkanes of at least 4 members (excludes halogenated alkanes) is 16. The van der Waals surface area contributed by atoms with Gasteiger partial charge in [-0.2, -0.15) is 0 Å². The summed E-state index contributed by atoms with van der Waals surface area (Å²) in [7, 11) is 0. The minimum Gasteiger partial charge on any atom is -0.394 e. The summed E-state index contributed by atoms with van der Waals surface area (Å²) in [4.78, 5) is 12.9. The van der Waals surface area contributed by atoms with Crippen LogP contribution < -0.4 is 5.32 Å². The van der Waals surface area contributed by atoms with Gasteiger partial charge in [0.15, 0.2) is 6.29 Å². The number of nitrogens with one attached hydrogen (secondary N) is 1. The summed E-state index contributed by atoms with van der Waals surface area (Å²) in [6.07, 6.45) is 38.3. The Kier molecular flexibility index (Phi) is 32.6. The highest BCUT2D eigenvalue weighted by Crippen LogP contribution is 2.22. The SMILES string of the molecule is CC/C=C\C/C=C\C/C=C\CCCCCCCCCC(=O)NC(COC1OC(CO)C(O)C(O)C1O)C(O)/C=C/CC/C=C/CCCCCCCCCC. The lowest BCUT2D eigenvalue weighted by atomic mass is 9.99. The molecule has 312 valence electrons. The van der Waals surface area contributed by atoms with Crippen molar-refractivity contribution in [2.24, 2.45) is 0 Å². The van der Waals surface area contributed by atoms with Crippen molar-refractivity contribution in [3.05, 3.63) is 60.8 Å². The zero-order chi connectivity index (χ0) is 39.5. The van der Waals surface area contributed by atoms with Gasteiger partial charge >= 0.3 is 0 Å². The first kappa shape index (κ1) is 49.9. The Morgan fingerprint density at radius 1 is 0.648 bits per heavy atom. The van der Waals surface area contributed by atoms with Gasteiger partial charge in [-0.3, -0.25) is 4.79 Å². The molecular formula is C45H79NO8. The van der Waals surface area contributed by atoms with Crippen molar-refractivity contribution in [3.8, 4) is 0 Å². The van der Waals surface area contributed by atoms with Crippen LogP contribution in [0.3, 0.4) is 0 Å². The quantitative estimate of drug-likeness (QED) is 0.0283. The van der Waals surface area contributed by atoms with E-state index in [0.29, 0.717) is 6.42 Å². The average molecular weight is 762 g/mol. The van der Waals surface area contributed by atoms with Gasteiger partial charge in [0.05, 0.1) is 25.4 Å². The van der Waals surface area contributed by atoms with Crippen molar-refractivity contribution >= 4 is 5.91 Å². The first-order valence-corrected chi connectivity index (χ1v) is 21.5. The molecule has 0 aromatic heterocycles. The number of allylic oxidation sites excluding steroid dienone is 9. The van der Waals surface area contributed by atoms with Gasteiger partial charge in [-0.15, -0.1) is 0 Å². The van der Waals surface area contributed by atoms with Crippen LogP contribution in [0.1, 0.15) is 162 Å². The Hall–Kier alpha value is -2.11. The van der Waals surface area contributed by atoms with Crippen LogP contribution >= 0.6 is 0 Å². The number of carbonyl (C=O) groups is 1. The van der Waals surface area contributed by atoms with E-state index in [1.54, 1.807) is 6.08 Å². The fraction of sp³-hybridized carbons (Fsp3) is 0.756. The van der Waals surface area contributed by atoms with E-state index in [4.69, 9.17) is 9.47 Å². The van der Waals surface area contributed by atoms with E-state index in [1.807, 2.05) is 6.08 Å². The molecule has 7 atom stereocenters. The lowest BCUT2D eigenvalue weighted by Crippen LogP contribution is -2.60. The van der Waals surface area contributed by atoms with Crippen molar-refractivity contribution in [2.45, 2.75) is 204 Å². The van der Waals surface area contributed by atoms with Gasteiger partial charge in [0.25, 0.3) is 0 Å². The molecule has 1 aliphatic heterocycles. The Labute approximate surface area is 328 Å². The number of hydrogen-bond donors (Lipinski definition) is 6. The minimum atomic E-state index is -1.57. The van der Waals surface area contributed by atoms with Crippen molar-refractivity contribution in [2.75, 3.05) is 13.2 Å². The van der Waals surface area contributed by atoms with E-state index in [0.717, 1.165) is 70.6 Å². The fourth-order valence-corrected chi connectivity index (χ4v) is 6.36. The Morgan fingerprint density at radius 3 is 1.78 bits per heavy atom. The molecule has 1 heterocycles. The zero-order valence-electron chi connectivity index (χ0n) is 34.0. The molecule has 1 amide bonds. The van der Waals surface area contributed by atoms with Gasteiger partial charge < -0.3 is 40.3 Å². The van der Waals surface area contributed by atoms with Crippen molar-refractivity contribution in [1.82, 2.24) is 5.32 Å². The average Bonchev–Trinajstić information content (AvgIpc) is 3.17. The van der Waals surface area contributed by atoms with Crippen LogP contribution in [-0.2, 0) is 14.3 Å². The molecule has 1 rings (SSSR count). The standard InChI is InChI=1S/C45H79NO8/c1-3-5-7-9-11-13-15-17-19-20-21-23-25-27-29-31-33-35-41(49)46-38(37-53-45-44(52)43(51)42(50)40(36-47)54-45)39(48)34-32-30-28-26-24-22-18-16-14-12-10-8-6-4-2/h5,7,11,13,17,19,24,26,32,34,38-40,42-45,47-48,50-52H,3-4,6,8-10,12,14-16,18,20-23,25,27-31,33,35-37H2,1-2H3,(H,46,49)/b7-5-,13-11-,19-17-,26-24+,34-32+. The number of ether oxygens (including phenoxy) is 2. The molecule has 7 unspecified atom stereocenters. The summed E-state index contributed by atoms with van der Waals surface area (Å²) in [5.41, 5.74) is 0. The lowest BCUT2D eigenvalue weighted by Gasteiger charge is -2.40. The number of carbonyl (C=O) groups excluding carboxylic acids is 1. The summed E-state index contributed by atoms with van der Waals surface area (Å²) < 4.78 is 11.2. The minimum absolute atomic E-state index is 0.201. The third kappa shape index (κ3) is 25.9. The van der Waals surface area contributed by atoms with E-state index >= 15 is 0 Å². The van der Waals surface area contributed by atoms with Crippen molar-refractivity contribution < 1.29 is 39.8 Å². The highest BCUT2D eigenvalue weighted by Gasteiger charge is 2.44. The van der Waals surface area contributed by atoms with Gasteiger partial charge in [-0.1, -0.05) is 152 Å². The van der Waals surface area contributed by atoms with E-state index in [-0.39, 0.29) is 12.5 Å².